The van der Waals surface area contributed by atoms with Crippen LogP contribution >= 0.6 is 38.6 Å². The van der Waals surface area contributed by atoms with Crippen LogP contribution in [0.15, 0.2) is 43.9 Å². The first kappa shape index (κ1) is 11.3. The second-order valence-corrected chi connectivity index (χ2v) is 6.36. The van der Waals surface area contributed by atoms with Crippen LogP contribution < -0.4 is 0 Å². The predicted molar refractivity (Wildman–Crippen MR) is 77.8 cm³/mol. The number of furan rings is 1. The van der Waals surface area contributed by atoms with E-state index in [0.717, 1.165) is 16.0 Å². The van der Waals surface area contributed by atoms with Crippen molar-refractivity contribution in [2.75, 3.05) is 0 Å². The molecule has 3 aromatic heterocycles. The van der Waals surface area contributed by atoms with Gasteiger partial charge < -0.3 is 4.42 Å². The predicted octanol–water partition coefficient (Wildman–Crippen LogP) is 5.81. The van der Waals surface area contributed by atoms with Gasteiger partial charge in [0.25, 0.3) is 0 Å². The summed E-state index contributed by atoms with van der Waals surface area (Å²) >= 11 is 7.08. The molecule has 0 aliphatic carbocycles. The molecule has 0 aliphatic heterocycles. The van der Waals surface area contributed by atoms with E-state index in [1.54, 1.807) is 22.7 Å². The van der Waals surface area contributed by atoms with E-state index in [1.165, 1.54) is 15.3 Å². The van der Waals surface area contributed by atoms with Crippen LogP contribution in [-0.4, -0.2) is 0 Å². The van der Waals surface area contributed by atoms with Crippen LogP contribution in [0.1, 0.15) is 5.76 Å². The van der Waals surface area contributed by atoms with Crippen molar-refractivity contribution < 1.29 is 4.42 Å². The van der Waals surface area contributed by atoms with Gasteiger partial charge in [0.05, 0.1) is 9.75 Å². The average molecular weight is 325 g/mol. The van der Waals surface area contributed by atoms with Crippen molar-refractivity contribution in [1.82, 2.24) is 0 Å². The maximum Gasteiger partial charge on any atom is 0.135 e. The van der Waals surface area contributed by atoms with E-state index in [-0.39, 0.29) is 0 Å². The summed E-state index contributed by atoms with van der Waals surface area (Å²) in [7, 11) is 0. The minimum Gasteiger partial charge on any atom is -0.461 e. The van der Waals surface area contributed by atoms with Gasteiger partial charge in [-0.25, -0.2) is 0 Å². The molecule has 0 radical (unpaired) electrons. The molecule has 86 valence electrons. The third kappa shape index (κ3) is 2.01. The van der Waals surface area contributed by atoms with Gasteiger partial charge in [0.1, 0.15) is 11.5 Å². The van der Waals surface area contributed by atoms with Crippen molar-refractivity contribution in [2.24, 2.45) is 0 Å². The van der Waals surface area contributed by atoms with Gasteiger partial charge in [-0.15, -0.1) is 22.7 Å². The van der Waals surface area contributed by atoms with Crippen molar-refractivity contribution in [3.05, 3.63) is 45.3 Å². The van der Waals surface area contributed by atoms with Crippen LogP contribution in [0.25, 0.3) is 21.1 Å². The van der Waals surface area contributed by atoms with Gasteiger partial charge in [-0.2, -0.15) is 0 Å². The van der Waals surface area contributed by atoms with Crippen LogP contribution in [0.5, 0.6) is 0 Å². The molecule has 0 spiro atoms. The number of hydrogen-bond donors (Lipinski definition) is 0. The zero-order chi connectivity index (χ0) is 11.8. The molecule has 3 aromatic rings. The Bertz CT molecular complexity index is 648. The lowest BCUT2D eigenvalue weighted by Crippen LogP contribution is -1.73. The van der Waals surface area contributed by atoms with Gasteiger partial charge in [-0.1, -0.05) is 0 Å². The summed E-state index contributed by atoms with van der Waals surface area (Å²) in [6.45, 7) is 1.97. The van der Waals surface area contributed by atoms with Gasteiger partial charge in [-0.3, -0.25) is 0 Å². The van der Waals surface area contributed by atoms with Crippen LogP contribution in [0.4, 0.5) is 0 Å². The topological polar surface area (TPSA) is 13.1 Å². The van der Waals surface area contributed by atoms with Crippen LogP contribution in [0.2, 0.25) is 0 Å². The molecule has 3 rings (SSSR count). The first-order valence-electron chi connectivity index (χ1n) is 5.13. The molecular weight excluding hydrogens is 316 g/mol. The Morgan fingerprint density at radius 1 is 1.00 bits per heavy atom. The first-order valence-corrected chi connectivity index (χ1v) is 7.68. The highest BCUT2D eigenvalue weighted by atomic mass is 79.9. The van der Waals surface area contributed by atoms with Crippen LogP contribution in [0, 0.1) is 6.92 Å². The van der Waals surface area contributed by atoms with E-state index in [4.69, 9.17) is 4.42 Å². The zero-order valence-corrected chi connectivity index (χ0v) is 12.3. The molecule has 0 unspecified atom stereocenters. The Morgan fingerprint density at radius 2 is 1.76 bits per heavy atom. The van der Waals surface area contributed by atoms with Gasteiger partial charge >= 0.3 is 0 Å². The minimum absolute atomic E-state index is 0.944. The van der Waals surface area contributed by atoms with E-state index in [1.807, 2.05) is 19.1 Å². The quantitative estimate of drug-likeness (QED) is 0.580. The van der Waals surface area contributed by atoms with Gasteiger partial charge in [0.2, 0.25) is 0 Å². The molecule has 0 aliphatic rings. The number of halogens is 1. The molecule has 0 atom stereocenters. The Kier molecular flexibility index (Phi) is 2.94. The van der Waals surface area contributed by atoms with Gasteiger partial charge in [0.15, 0.2) is 0 Å². The van der Waals surface area contributed by atoms with E-state index in [2.05, 4.69) is 38.8 Å². The smallest absolute Gasteiger partial charge is 0.135 e. The summed E-state index contributed by atoms with van der Waals surface area (Å²) in [5, 5.41) is 4.20. The third-order valence-electron chi connectivity index (χ3n) is 2.49. The molecule has 0 fully saturated rings. The number of rotatable bonds is 2. The van der Waals surface area contributed by atoms with E-state index >= 15 is 0 Å². The molecule has 1 nitrogen and oxygen atoms in total. The summed E-state index contributed by atoms with van der Waals surface area (Å²) in [4.78, 5) is 2.53. The maximum atomic E-state index is 5.70. The third-order valence-corrected chi connectivity index (χ3v) is 5.41. The van der Waals surface area contributed by atoms with Gasteiger partial charge in [0, 0.05) is 10.0 Å². The minimum atomic E-state index is 0.944. The second kappa shape index (κ2) is 4.44. The van der Waals surface area contributed by atoms with Crippen molar-refractivity contribution in [3.63, 3.8) is 0 Å². The summed E-state index contributed by atoms with van der Waals surface area (Å²) in [5.74, 6) is 1.89. The highest BCUT2D eigenvalue weighted by Gasteiger charge is 2.14. The fraction of sp³-hybridized carbons (Fsp3) is 0.0769. The average Bonchev–Trinajstić information content (AvgIpc) is 2.97. The lowest BCUT2D eigenvalue weighted by molar-refractivity contribution is 0.549. The largest absolute Gasteiger partial charge is 0.461 e. The molecule has 4 heteroatoms. The normalized spacial score (nSPS) is 10.9. The molecule has 0 saturated carbocycles. The van der Waals surface area contributed by atoms with E-state index in [9.17, 15) is 0 Å². The molecular formula is C13H9BrOS2. The molecule has 3 heterocycles. The molecule has 0 amide bonds. The Labute approximate surface area is 116 Å². The standard InChI is InChI=1S/C13H9BrOS2/c1-8-2-3-11(15-8)9-4-6-16-12(9)13-10(14)5-7-17-13/h2-7H,1H3. The van der Waals surface area contributed by atoms with Crippen molar-refractivity contribution in [3.8, 4) is 21.1 Å². The molecule has 0 aromatic carbocycles. The Morgan fingerprint density at radius 3 is 2.41 bits per heavy atom. The second-order valence-electron chi connectivity index (χ2n) is 3.67. The molecule has 17 heavy (non-hydrogen) atoms. The molecule has 0 bridgehead atoms. The van der Waals surface area contributed by atoms with Crippen molar-refractivity contribution >= 4 is 38.6 Å². The summed E-state index contributed by atoms with van der Waals surface area (Å²) in [5.41, 5.74) is 1.17. The highest BCUT2D eigenvalue weighted by molar-refractivity contribution is 9.10. The fourth-order valence-electron chi connectivity index (χ4n) is 1.71. The molecule has 0 saturated heterocycles. The Hall–Kier alpha value is -0.840. The van der Waals surface area contributed by atoms with Crippen molar-refractivity contribution in [1.29, 1.82) is 0 Å². The fourth-order valence-corrected chi connectivity index (χ4v) is 4.51. The maximum absolute atomic E-state index is 5.70. The van der Waals surface area contributed by atoms with Gasteiger partial charge in [-0.05, 0) is 57.9 Å². The SMILES string of the molecule is Cc1ccc(-c2ccsc2-c2sccc2Br)o1. The Balaban J connectivity index is 2.15. The molecule has 0 N–H and O–H groups in total. The van der Waals surface area contributed by atoms with Crippen LogP contribution in [-0.2, 0) is 0 Å². The van der Waals surface area contributed by atoms with Crippen molar-refractivity contribution in [2.45, 2.75) is 6.92 Å². The summed E-state index contributed by atoms with van der Waals surface area (Å²) in [6, 6.07) is 8.23. The monoisotopic (exact) mass is 324 g/mol. The lowest BCUT2D eigenvalue weighted by atomic mass is 10.2. The first-order chi connectivity index (χ1) is 8.25. The summed E-state index contributed by atoms with van der Waals surface area (Å²) < 4.78 is 6.85. The summed E-state index contributed by atoms with van der Waals surface area (Å²) in [6.07, 6.45) is 0. The van der Waals surface area contributed by atoms with Crippen LogP contribution in [0.3, 0.4) is 0 Å². The number of thiophene rings is 2. The van der Waals surface area contributed by atoms with E-state index < -0.39 is 0 Å². The zero-order valence-electron chi connectivity index (χ0n) is 9.07. The number of aryl methyl sites for hydroxylation is 1. The van der Waals surface area contributed by atoms with E-state index in [0.29, 0.717) is 0 Å². The lowest BCUT2D eigenvalue weighted by Gasteiger charge is -1.99. The highest BCUT2D eigenvalue weighted by Crippen LogP contribution is 2.43. The number of hydrogen-bond acceptors (Lipinski definition) is 3.